The monoisotopic (exact) mass is 258 g/mol. The van der Waals surface area contributed by atoms with Crippen molar-refractivity contribution in [2.75, 3.05) is 24.5 Å². The highest BCUT2D eigenvalue weighted by atomic mass is 15.2. The van der Waals surface area contributed by atoms with Gasteiger partial charge in [0.15, 0.2) is 0 Å². The lowest BCUT2D eigenvalue weighted by Crippen LogP contribution is -2.30. The molecule has 1 aromatic carbocycles. The first kappa shape index (κ1) is 13.0. The van der Waals surface area contributed by atoms with E-state index in [0.29, 0.717) is 12.1 Å². The van der Waals surface area contributed by atoms with E-state index < -0.39 is 0 Å². The van der Waals surface area contributed by atoms with Crippen LogP contribution < -0.4 is 4.90 Å². The normalized spacial score (nSPS) is 24.6. The standard InChI is InChI=1S/C17H26N2/c1-14(2)19-12-6-9-17(19)15-7-5-8-16(13-15)18-10-3-4-11-18/h5,7-8,13-14,17H,3-4,6,9-12H2,1-2H3. The van der Waals surface area contributed by atoms with Gasteiger partial charge in [0, 0.05) is 30.9 Å². The van der Waals surface area contributed by atoms with Gasteiger partial charge in [-0.05, 0) is 63.8 Å². The first-order chi connectivity index (χ1) is 9.25. The molecule has 0 amide bonds. The quantitative estimate of drug-likeness (QED) is 0.813. The Morgan fingerprint density at radius 1 is 1.05 bits per heavy atom. The lowest BCUT2D eigenvalue weighted by Gasteiger charge is -2.29. The van der Waals surface area contributed by atoms with E-state index >= 15 is 0 Å². The summed E-state index contributed by atoms with van der Waals surface area (Å²) < 4.78 is 0. The van der Waals surface area contributed by atoms with Crippen molar-refractivity contribution in [2.45, 2.75) is 51.6 Å². The van der Waals surface area contributed by atoms with Crippen molar-refractivity contribution < 1.29 is 0 Å². The van der Waals surface area contributed by atoms with Crippen LogP contribution in [0.15, 0.2) is 24.3 Å². The maximum Gasteiger partial charge on any atom is 0.0369 e. The van der Waals surface area contributed by atoms with Crippen molar-refractivity contribution in [1.29, 1.82) is 0 Å². The fourth-order valence-corrected chi connectivity index (χ4v) is 3.67. The lowest BCUT2D eigenvalue weighted by molar-refractivity contribution is 0.205. The Hall–Kier alpha value is -1.02. The molecule has 1 atom stereocenters. The average molecular weight is 258 g/mol. The topological polar surface area (TPSA) is 6.48 Å². The fraction of sp³-hybridized carbons (Fsp3) is 0.647. The molecule has 0 spiro atoms. The molecule has 1 unspecified atom stereocenters. The third kappa shape index (κ3) is 2.64. The molecule has 2 saturated heterocycles. The molecule has 2 nitrogen and oxygen atoms in total. The minimum absolute atomic E-state index is 0.641. The Kier molecular flexibility index (Phi) is 3.79. The number of benzene rings is 1. The third-order valence-corrected chi connectivity index (χ3v) is 4.68. The van der Waals surface area contributed by atoms with E-state index in [2.05, 4.69) is 47.9 Å². The molecule has 2 aliphatic rings. The van der Waals surface area contributed by atoms with Gasteiger partial charge in [-0.15, -0.1) is 0 Å². The molecule has 1 aromatic rings. The molecule has 2 fully saturated rings. The van der Waals surface area contributed by atoms with Crippen LogP contribution in [-0.4, -0.2) is 30.6 Å². The van der Waals surface area contributed by atoms with Gasteiger partial charge in [-0.25, -0.2) is 0 Å². The third-order valence-electron chi connectivity index (χ3n) is 4.68. The molecule has 3 rings (SSSR count). The molecule has 0 saturated carbocycles. The van der Waals surface area contributed by atoms with Gasteiger partial charge in [-0.3, -0.25) is 4.90 Å². The highest BCUT2D eigenvalue weighted by molar-refractivity contribution is 5.50. The van der Waals surface area contributed by atoms with E-state index in [1.54, 1.807) is 0 Å². The summed E-state index contributed by atoms with van der Waals surface area (Å²) in [6, 6.07) is 10.6. The number of anilines is 1. The summed E-state index contributed by atoms with van der Waals surface area (Å²) in [6.45, 7) is 8.38. The molecule has 2 aliphatic heterocycles. The van der Waals surface area contributed by atoms with E-state index in [0.717, 1.165) is 0 Å². The zero-order valence-electron chi connectivity index (χ0n) is 12.3. The van der Waals surface area contributed by atoms with E-state index in [-0.39, 0.29) is 0 Å². The van der Waals surface area contributed by atoms with E-state index in [4.69, 9.17) is 0 Å². The van der Waals surface area contributed by atoms with Crippen LogP contribution in [0.1, 0.15) is 51.1 Å². The first-order valence-electron chi connectivity index (χ1n) is 7.86. The highest BCUT2D eigenvalue weighted by Crippen LogP contribution is 2.35. The van der Waals surface area contributed by atoms with Crippen LogP contribution in [0, 0.1) is 0 Å². The van der Waals surface area contributed by atoms with Crippen molar-refractivity contribution >= 4 is 5.69 Å². The molecule has 2 heterocycles. The Labute approximate surface area is 117 Å². The van der Waals surface area contributed by atoms with Crippen LogP contribution in [0.25, 0.3) is 0 Å². The second kappa shape index (κ2) is 5.54. The second-order valence-corrected chi connectivity index (χ2v) is 6.28. The summed E-state index contributed by atoms with van der Waals surface area (Å²) in [4.78, 5) is 5.20. The zero-order valence-corrected chi connectivity index (χ0v) is 12.3. The van der Waals surface area contributed by atoms with Gasteiger partial charge < -0.3 is 4.90 Å². The van der Waals surface area contributed by atoms with Gasteiger partial charge in [0.2, 0.25) is 0 Å². The van der Waals surface area contributed by atoms with Crippen LogP contribution in [0.3, 0.4) is 0 Å². The van der Waals surface area contributed by atoms with Crippen molar-refractivity contribution in [1.82, 2.24) is 4.90 Å². The van der Waals surface area contributed by atoms with Crippen LogP contribution >= 0.6 is 0 Å². The minimum Gasteiger partial charge on any atom is -0.372 e. The molecule has 0 N–H and O–H groups in total. The molecule has 104 valence electrons. The van der Waals surface area contributed by atoms with Crippen molar-refractivity contribution in [2.24, 2.45) is 0 Å². The Morgan fingerprint density at radius 2 is 1.84 bits per heavy atom. The van der Waals surface area contributed by atoms with Gasteiger partial charge in [0.05, 0.1) is 0 Å². The predicted molar refractivity (Wildman–Crippen MR) is 81.7 cm³/mol. The zero-order chi connectivity index (χ0) is 13.2. The van der Waals surface area contributed by atoms with Gasteiger partial charge in [0.1, 0.15) is 0 Å². The van der Waals surface area contributed by atoms with Crippen molar-refractivity contribution in [3.63, 3.8) is 0 Å². The molecular formula is C17H26N2. The van der Waals surface area contributed by atoms with E-state index in [9.17, 15) is 0 Å². The maximum absolute atomic E-state index is 2.66. The Balaban J connectivity index is 1.82. The Morgan fingerprint density at radius 3 is 2.58 bits per heavy atom. The van der Waals surface area contributed by atoms with Gasteiger partial charge in [-0.1, -0.05) is 12.1 Å². The summed E-state index contributed by atoms with van der Waals surface area (Å²) >= 11 is 0. The summed E-state index contributed by atoms with van der Waals surface area (Å²) in [6.07, 6.45) is 5.37. The summed E-state index contributed by atoms with van der Waals surface area (Å²) in [7, 11) is 0. The number of rotatable bonds is 3. The SMILES string of the molecule is CC(C)N1CCCC1c1cccc(N2CCCC2)c1. The largest absolute Gasteiger partial charge is 0.372 e. The summed E-state index contributed by atoms with van der Waals surface area (Å²) in [5.41, 5.74) is 2.96. The van der Waals surface area contributed by atoms with Crippen LogP contribution in [0.4, 0.5) is 5.69 Å². The smallest absolute Gasteiger partial charge is 0.0369 e. The highest BCUT2D eigenvalue weighted by Gasteiger charge is 2.28. The minimum atomic E-state index is 0.641. The molecule has 2 heteroatoms. The van der Waals surface area contributed by atoms with Crippen LogP contribution in [0.2, 0.25) is 0 Å². The molecular weight excluding hydrogens is 232 g/mol. The molecule has 19 heavy (non-hydrogen) atoms. The van der Waals surface area contributed by atoms with Crippen molar-refractivity contribution in [3.8, 4) is 0 Å². The number of likely N-dealkylation sites (tertiary alicyclic amines) is 1. The summed E-state index contributed by atoms with van der Waals surface area (Å²) in [5, 5.41) is 0. The van der Waals surface area contributed by atoms with Crippen molar-refractivity contribution in [3.05, 3.63) is 29.8 Å². The molecule has 0 bridgehead atoms. The van der Waals surface area contributed by atoms with E-state index in [1.807, 2.05) is 0 Å². The van der Waals surface area contributed by atoms with Gasteiger partial charge in [0.25, 0.3) is 0 Å². The molecule has 0 aliphatic carbocycles. The number of nitrogens with zero attached hydrogens (tertiary/aromatic N) is 2. The van der Waals surface area contributed by atoms with Gasteiger partial charge >= 0.3 is 0 Å². The first-order valence-corrected chi connectivity index (χ1v) is 7.86. The van der Waals surface area contributed by atoms with Crippen LogP contribution in [0.5, 0.6) is 0 Å². The summed E-state index contributed by atoms with van der Waals surface area (Å²) in [5.74, 6) is 0. The maximum atomic E-state index is 2.66. The van der Waals surface area contributed by atoms with Crippen LogP contribution in [-0.2, 0) is 0 Å². The fourth-order valence-electron chi connectivity index (χ4n) is 3.67. The lowest BCUT2D eigenvalue weighted by atomic mass is 10.0. The predicted octanol–water partition coefficient (Wildman–Crippen LogP) is 3.83. The molecule has 0 radical (unpaired) electrons. The van der Waals surface area contributed by atoms with E-state index in [1.165, 1.54) is 56.6 Å². The second-order valence-electron chi connectivity index (χ2n) is 6.28. The molecule has 0 aromatic heterocycles. The number of hydrogen-bond acceptors (Lipinski definition) is 2. The van der Waals surface area contributed by atoms with Gasteiger partial charge in [-0.2, -0.15) is 0 Å². The number of hydrogen-bond donors (Lipinski definition) is 0. The average Bonchev–Trinajstić information content (AvgIpc) is 3.10. The Bertz CT molecular complexity index is 421.